The van der Waals surface area contributed by atoms with Crippen LogP contribution in [0.25, 0.3) is 11.1 Å². The normalized spacial score (nSPS) is 10.5. The maximum atomic E-state index is 12.4. The van der Waals surface area contributed by atoms with Crippen LogP contribution in [-0.4, -0.2) is 25.9 Å². The fraction of sp³-hybridized carbons (Fsp3) is 0.0476. The predicted octanol–water partition coefficient (Wildman–Crippen LogP) is 3.64. The van der Waals surface area contributed by atoms with Crippen molar-refractivity contribution in [1.82, 2.24) is 20.0 Å². The van der Waals surface area contributed by atoms with E-state index in [1.807, 2.05) is 66.7 Å². The van der Waals surface area contributed by atoms with Crippen LogP contribution in [0.15, 0.2) is 85.2 Å². The van der Waals surface area contributed by atoms with Gasteiger partial charge in [-0.25, -0.2) is 9.67 Å². The van der Waals surface area contributed by atoms with E-state index in [2.05, 4.69) is 20.6 Å². The van der Waals surface area contributed by atoms with E-state index in [0.29, 0.717) is 12.4 Å². The van der Waals surface area contributed by atoms with E-state index in [0.717, 1.165) is 16.7 Å². The lowest BCUT2D eigenvalue weighted by atomic mass is 10.1. The maximum Gasteiger partial charge on any atom is 0.278 e. The number of benzene rings is 2. The third-order valence-corrected chi connectivity index (χ3v) is 4.07. The average molecular weight is 355 g/mol. The summed E-state index contributed by atoms with van der Waals surface area (Å²) < 4.78 is 1.64. The molecule has 0 unspecified atom stereocenters. The van der Waals surface area contributed by atoms with Crippen molar-refractivity contribution >= 4 is 11.7 Å². The van der Waals surface area contributed by atoms with E-state index in [1.165, 1.54) is 0 Å². The number of carbonyl (C=O) groups is 1. The summed E-state index contributed by atoms with van der Waals surface area (Å²) in [7, 11) is 0. The Morgan fingerprint density at radius 1 is 0.889 bits per heavy atom. The molecule has 2 aromatic heterocycles. The minimum Gasteiger partial charge on any atom is -0.305 e. The molecule has 1 amide bonds. The Hall–Kier alpha value is -3.80. The van der Waals surface area contributed by atoms with E-state index < -0.39 is 0 Å². The standard InChI is InChI=1S/C21H17N5O/c27-21(19-15-26(25-24-19)14-16-7-3-1-4-8-16)23-20-12-11-18(13-22-20)17-9-5-2-6-10-17/h1-13,15H,14H2,(H,22,23,27). The number of amides is 1. The smallest absolute Gasteiger partial charge is 0.278 e. The molecular formula is C21H17N5O. The van der Waals surface area contributed by atoms with Crippen molar-refractivity contribution in [3.05, 3.63) is 96.4 Å². The van der Waals surface area contributed by atoms with Gasteiger partial charge in [-0.2, -0.15) is 0 Å². The Bertz CT molecular complexity index is 1030. The second-order valence-electron chi connectivity index (χ2n) is 6.04. The molecule has 4 aromatic rings. The summed E-state index contributed by atoms with van der Waals surface area (Å²) in [5, 5.41) is 10.7. The van der Waals surface area contributed by atoms with Gasteiger partial charge in [0, 0.05) is 11.8 Å². The van der Waals surface area contributed by atoms with Crippen molar-refractivity contribution in [2.24, 2.45) is 0 Å². The van der Waals surface area contributed by atoms with Crippen LogP contribution in [0.3, 0.4) is 0 Å². The van der Waals surface area contributed by atoms with Crippen LogP contribution in [0.1, 0.15) is 16.1 Å². The molecule has 0 aliphatic heterocycles. The Balaban J connectivity index is 1.42. The third-order valence-electron chi connectivity index (χ3n) is 4.07. The number of pyridine rings is 1. The van der Waals surface area contributed by atoms with Crippen LogP contribution >= 0.6 is 0 Å². The van der Waals surface area contributed by atoms with Crippen molar-refractivity contribution in [1.29, 1.82) is 0 Å². The molecule has 2 heterocycles. The SMILES string of the molecule is O=C(Nc1ccc(-c2ccccc2)cn1)c1cn(Cc2ccccc2)nn1. The second kappa shape index (κ2) is 7.61. The lowest BCUT2D eigenvalue weighted by molar-refractivity contribution is 0.102. The lowest BCUT2D eigenvalue weighted by Gasteiger charge is -2.04. The molecular weight excluding hydrogens is 338 g/mol. The highest BCUT2D eigenvalue weighted by Gasteiger charge is 2.12. The second-order valence-corrected chi connectivity index (χ2v) is 6.04. The van der Waals surface area contributed by atoms with Gasteiger partial charge in [0.15, 0.2) is 5.69 Å². The molecule has 0 radical (unpaired) electrons. The van der Waals surface area contributed by atoms with Crippen molar-refractivity contribution in [3.63, 3.8) is 0 Å². The Morgan fingerprint density at radius 2 is 1.63 bits per heavy atom. The third kappa shape index (κ3) is 4.07. The number of hydrogen-bond donors (Lipinski definition) is 1. The first-order valence-electron chi connectivity index (χ1n) is 8.55. The number of anilines is 1. The van der Waals surface area contributed by atoms with Gasteiger partial charge < -0.3 is 5.32 Å². The number of hydrogen-bond acceptors (Lipinski definition) is 4. The van der Waals surface area contributed by atoms with Crippen molar-refractivity contribution in [3.8, 4) is 11.1 Å². The molecule has 0 saturated carbocycles. The molecule has 0 atom stereocenters. The zero-order valence-electron chi connectivity index (χ0n) is 14.5. The van der Waals surface area contributed by atoms with E-state index in [4.69, 9.17) is 0 Å². The number of aromatic nitrogens is 4. The highest BCUT2D eigenvalue weighted by molar-refractivity contribution is 6.02. The van der Waals surface area contributed by atoms with E-state index >= 15 is 0 Å². The minimum absolute atomic E-state index is 0.250. The summed E-state index contributed by atoms with van der Waals surface area (Å²) in [6.07, 6.45) is 3.36. The molecule has 0 spiro atoms. The molecule has 0 aliphatic carbocycles. The van der Waals surface area contributed by atoms with E-state index in [-0.39, 0.29) is 11.6 Å². The van der Waals surface area contributed by atoms with Gasteiger partial charge in [-0.05, 0) is 23.3 Å². The molecule has 1 N–H and O–H groups in total. The van der Waals surface area contributed by atoms with Crippen molar-refractivity contribution in [2.75, 3.05) is 5.32 Å². The molecule has 4 rings (SSSR count). The average Bonchev–Trinajstić information content (AvgIpc) is 3.19. The molecule has 0 saturated heterocycles. The Labute approximate surface area is 156 Å². The lowest BCUT2D eigenvalue weighted by Crippen LogP contribution is -2.13. The van der Waals surface area contributed by atoms with Crippen LogP contribution in [0.5, 0.6) is 0 Å². The highest BCUT2D eigenvalue weighted by Crippen LogP contribution is 2.19. The topological polar surface area (TPSA) is 72.7 Å². The van der Waals surface area contributed by atoms with Gasteiger partial charge in [-0.1, -0.05) is 65.9 Å². The summed E-state index contributed by atoms with van der Waals surface area (Å²) in [6.45, 7) is 0.561. The monoisotopic (exact) mass is 355 g/mol. The van der Waals surface area contributed by atoms with Crippen molar-refractivity contribution in [2.45, 2.75) is 6.54 Å². The van der Waals surface area contributed by atoms with Gasteiger partial charge in [0.25, 0.3) is 5.91 Å². The molecule has 6 nitrogen and oxygen atoms in total. The van der Waals surface area contributed by atoms with Crippen LogP contribution in [0.4, 0.5) is 5.82 Å². The summed E-state index contributed by atoms with van der Waals surface area (Å²) in [4.78, 5) is 16.7. The van der Waals surface area contributed by atoms with Crippen LogP contribution in [-0.2, 0) is 6.54 Å². The zero-order chi connectivity index (χ0) is 18.5. The molecule has 0 bridgehead atoms. The Morgan fingerprint density at radius 3 is 2.33 bits per heavy atom. The number of carbonyl (C=O) groups excluding carboxylic acids is 1. The van der Waals surface area contributed by atoms with Gasteiger partial charge in [-0.15, -0.1) is 5.10 Å². The van der Waals surface area contributed by atoms with Gasteiger partial charge in [0.05, 0.1) is 12.7 Å². The van der Waals surface area contributed by atoms with Crippen LogP contribution < -0.4 is 5.32 Å². The fourth-order valence-corrected chi connectivity index (χ4v) is 2.70. The summed E-state index contributed by atoms with van der Waals surface area (Å²) in [5.41, 5.74) is 3.40. The van der Waals surface area contributed by atoms with Crippen molar-refractivity contribution < 1.29 is 4.79 Å². The predicted molar refractivity (Wildman–Crippen MR) is 103 cm³/mol. The first-order chi connectivity index (χ1) is 13.3. The molecule has 6 heteroatoms. The quantitative estimate of drug-likeness (QED) is 0.593. The molecule has 132 valence electrons. The van der Waals surface area contributed by atoms with Gasteiger partial charge in [0.1, 0.15) is 5.82 Å². The minimum atomic E-state index is -0.339. The molecule has 2 aromatic carbocycles. The van der Waals surface area contributed by atoms with Gasteiger partial charge in [0.2, 0.25) is 0 Å². The maximum absolute atomic E-state index is 12.4. The summed E-state index contributed by atoms with van der Waals surface area (Å²) in [6, 6.07) is 23.5. The molecule has 0 fully saturated rings. The first-order valence-corrected chi connectivity index (χ1v) is 8.55. The summed E-state index contributed by atoms with van der Waals surface area (Å²) in [5.74, 6) is 0.131. The van der Waals surface area contributed by atoms with Gasteiger partial charge in [-0.3, -0.25) is 4.79 Å². The van der Waals surface area contributed by atoms with Crippen LogP contribution in [0.2, 0.25) is 0 Å². The van der Waals surface area contributed by atoms with E-state index in [1.54, 1.807) is 23.1 Å². The van der Waals surface area contributed by atoms with Crippen LogP contribution in [0, 0.1) is 0 Å². The first kappa shape index (κ1) is 16.7. The molecule has 27 heavy (non-hydrogen) atoms. The van der Waals surface area contributed by atoms with E-state index in [9.17, 15) is 4.79 Å². The zero-order valence-corrected chi connectivity index (χ0v) is 14.5. The molecule has 0 aliphatic rings. The highest BCUT2D eigenvalue weighted by atomic mass is 16.2. The number of nitrogens with one attached hydrogen (secondary N) is 1. The largest absolute Gasteiger partial charge is 0.305 e. The fourth-order valence-electron chi connectivity index (χ4n) is 2.70. The van der Waals surface area contributed by atoms with Gasteiger partial charge >= 0.3 is 0 Å². The summed E-state index contributed by atoms with van der Waals surface area (Å²) >= 11 is 0. The Kier molecular flexibility index (Phi) is 4.70. The number of rotatable bonds is 5. The number of nitrogens with zero attached hydrogens (tertiary/aromatic N) is 4.